The highest BCUT2D eigenvalue weighted by atomic mass is 16.3. The van der Waals surface area contributed by atoms with Crippen molar-refractivity contribution in [2.45, 2.75) is 51.6 Å². The third-order valence-electron chi connectivity index (χ3n) is 4.40. The van der Waals surface area contributed by atoms with Crippen molar-refractivity contribution in [2.24, 2.45) is 0 Å². The van der Waals surface area contributed by atoms with E-state index >= 15 is 0 Å². The van der Waals surface area contributed by atoms with E-state index in [1.54, 1.807) is 10.9 Å². The smallest absolute Gasteiger partial charge is 0.247 e. The maximum Gasteiger partial charge on any atom is 0.247 e. The van der Waals surface area contributed by atoms with E-state index in [-0.39, 0.29) is 18.0 Å². The van der Waals surface area contributed by atoms with Crippen molar-refractivity contribution >= 4 is 5.91 Å². The molecule has 0 aliphatic carbocycles. The van der Waals surface area contributed by atoms with Crippen LogP contribution in [-0.4, -0.2) is 27.1 Å². The Hall–Kier alpha value is -2.04. The van der Waals surface area contributed by atoms with Crippen molar-refractivity contribution < 1.29 is 9.21 Å². The molecule has 0 N–H and O–H groups in total. The van der Waals surface area contributed by atoms with Gasteiger partial charge in [-0.05, 0) is 44.9 Å². The van der Waals surface area contributed by atoms with Gasteiger partial charge in [0.25, 0.3) is 0 Å². The molecule has 5 nitrogen and oxygen atoms in total. The van der Waals surface area contributed by atoms with Gasteiger partial charge in [0, 0.05) is 18.9 Å². The number of likely N-dealkylation sites (tertiary alicyclic amines) is 1. The molecule has 0 aromatic carbocycles. The number of carbonyl (C=O) groups excluding carboxylic acids is 1. The number of rotatable bonds is 3. The Morgan fingerprint density at radius 3 is 2.91 bits per heavy atom. The normalized spacial score (nSPS) is 20.6. The van der Waals surface area contributed by atoms with Crippen molar-refractivity contribution in [2.75, 3.05) is 6.54 Å². The monoisotopic (exact) mass is 301 g/mol. The molecule has 2 aromatic rings. The highest BCUT2D eigenvalue weighted by molar-refractivity contribution is 5.80. The van der Waals surface area contributed by atoms with Crippen molar-refractivity contribution in [3.8, 4) is 0 Å². The standard InChI is InChI=1S/C17H23N3O2/c1-13-8-9-16(22-13)15-7-4-3-5-11-19(15)17(21)14(2)20-12-6-10-18-20/h6,8-10,12,14-15H,3-5,7,11H2,1-2H3/t14-,15-/m1/s1. The SMILES string of the molecule is Cc1ccc([C@H]2CCCCCN2C(=O)[C@@H](C)n2cccn2)o1. The van der Waals surface area contributed by atoms with Crippen molar-refractivity contribution in [3.05, 3.63) is 42.1 Å². The Morgan fingerprint density at radius 2 is 2.23 bits per heavy atom. The van der Waals surface area contributed by atoms with Crippen LogP contribution in [0.4, 0.5) is 0 Å². The van der Waals surface area contributed by atoms with Crippen LogP contribution >= 0.6 is 0 Å². The molecule has 2 aromatic heterocycles. The summed E-state index contributed by atoms with van der Waals surface area (Å²) in [6, 6.07) is 5.58. The molecule has 0 spiro atoms. The number of nitrogens with zero attached hydrogens (tertiary/aromatic N) is 3. The second-order valence-electron chi connectivity index (χ2n) is 6.01. The molecule has 1 aliphatic heterocycles. The molecular weight excluding hydrogens is 278 g/mol. The number of carbonyl (C=O) groups is 1. The summed E-state index contributed by atoms with van der Waals surface area (Å²) in [5.41, 5.74) is 0. The number of aryl methyl sites for hydroxylation is 1. The number of aromatic nitrogens is 2. The maximum atomic E-state index is 13.0. The lowest BCUT2D eigenvalue weighted by Crippen LogP contribution is -2.39. The lowest BCUT2D eigenvalue weighted by molar-refractivity contribution is -0.137. The number of amides is 1. The molecule has 5 heteroatoms. The minimum absolute atomic E-state index is 0.0433. The zero-order valence-electron chi connectivity index (χ0n) is 13.2. The van der Waals surface area contributed by atoms with Gasteiger partial charge in [-0.2, -0.15) is 5.10 Å². The van der Waals surface area contributed by atoms with E-state index < -0.39 is 0 Å². The fraction of sp³-hybridized carbons (Fsp3) is 0.529. The second kappa shape index (κ2) is 6.38. The van der Waals surface area contributed by atoms with Gasteiger partial charge < -0.3 is 9.32 Å². The number of furan rings is 1. The van der Waals surface area contributed by atoms with Gasteiger partial charge in [0.05, 0.1) is 6.04 Å². The van der Waals surface area contributed by atoms with Gasteiger partial charge in [-0.3, -0.25) is 9.48 Å². The van der Waals surface area contributed by atoms with Crippen LogP contribution in [0.3, 0.4) is 0 Å². The topological polar surface area (TPSA) is 51.3 Å². The van der Waals surface area contributed by atoms with Gasteiger partial charge in [0.1, 0.15) is 17.6 Å². The summed E-state index contributed by atoms with van der Waals surface area (Å²) in [6.07, 6.45) is 7.85. The average Bonchev–Trinajstić information content (AvgIpc) is 3.13. The zero-order chi connectivity index (χ0) is 15.5. The van der Waals surface area contributed by atoms with Crippen LogP contribution in [0.5, 0.6) is 0 Å². The second-order valence-corrected chi connectivity index (χ2v) is 6.01. The van der Waals surface area contributed by atoms with Crippen LogP contribution in [0.25, 0.3) is 0 Å². The Balaban J connectivity index is 1.85. The lowest BCUT2D eigenvalue weighted by Gasteiger charge is -2.31. The molecular formula is C17H23N3O2. The van der Waals surface area contributed by atoms with Gasteiger partial charge in [0.15, 0.2) is 0 Å². The Morgan fingerprint density at radius 1 is 1.36 bits per heavy atom. The average molecular weight is 301 g/mol. The summed E-state index contributed by atoms with van der Waals surface area (Å²) in [7, 11) is 0. The first kappa shape index (κ1) is 14.9. The van der Waals surface area contributed by atoms with Crippen LogP contribution in [0.2, 0.25) is 0 Å². The van der Waals surface area contributed by atoms with Crippen LogP contribution in [0, 0.1) is 6.92 Å². The Bertz CT molecular complexity index is 618. The quantitative estimate of drug-likeness (QED) is 0.872. The number of hydrogen-bond donors (Lipinski definition) is 0. The molecule has 0 saturated carbocycles. The van der Waals surface area contributed by atoms with Gasteiger partial charge in [0.2, 0.25) is 5.91 Å². The van der Waals surface area contributed by atoms with Crippen molar-refractivity contribution in [3.63, 3.8) is 0 Å². The predicted molar refractivity (Wildman–Crippen MR) is 83.3 cm³/mol. The van der Waals surface area contributed by atoms with E-state index in [1.165, 1.54) is 0 Å². The maximum absolute atomic E-state index is 13.0. The van der Waals surface area contributed by atoms with Gasteiger partial charge in [-0.1, -0.05) is 12.8 Å². The molecule has 3 heterocycles. The molecule has 2 atom stereocenters. The zero-order valence-corrected chi connectivity index (χ0v) is 13.2. The Kier molecular flexibility index (Phi) is 4.32. The van der Waals surface area contributed by atoms with Gasteiger partial charge in [-0.25, -0.2) is 0 Å². The third kappa shape index (κ3) is 2.93. The van der Waals surface area contributed by atoms with Crippen LogP contribution in [0.1, 0.15) is 56.2 Å². The van der Waals surface area contributed by atoms with E-state index in [9.17, 15) is 4.79 Å². The summed E-state index contributed by atoms with van der Waals surface area (Å²) in [6.45, 7) is 4.64. The molecule has 0 bridgehead atoms. The molecule has 118 valence electrons. The van der Waals surface area contributed by atoms with Gasteiger partial charge in [-0.15, -0.1) is 0 Å². The molecule has 1 amide bonds. The fourth-order valence-electron chi connectivity index (χ4n) is 3.16. The van der Waals surface area contributed by atoms with E-state index in [4.69, 9.17) is 4.42 Å². The van der Waals surface area contributed by atoms with Gasteiger partial charge >= 0.3 is 0 Å². The first-order valence-corrected chi connectivity index (χ1v) is 8.03. The van der Waals surface area contributed by atoms with E-state index in [0.717, 1.165) is 43.7 Å². The number of hydrogen-bond acceptors (Lipinski definition) is 3. The van der Waals surface area contributed by atoms with Crippen LogP contribution in [0.15, 0.2) is 35.0 Å². The molecule has 1 fully saturated rings. The highest BCUT2D eigenvalue weighted by Crippen LogP contribution is 2.32. The fourth-order valence-corrected chi connectivity index (χ4v) is 3.16. The summed E-state index contributed by atoms with van der Waals surface area (Å²) >= 11 is 0. The minimum atomic E-state index is -0.286. The summed E-state index contributed by atoms with van der Waals surface area (Å²) < 4.78 is 7.53. The van der Waals surface area contributed by atoms with Crippen molar-refractivity contribution in [1.29, 1.82) is 0 Å². The molecule has 1 aliphatic rings. The largest absolute Gasteiger partial charge is 0.464 e. The van der Waals surface area contributed by atoms with Crippen molar-refractivity contribution in [1.82, 2.24) is 14.7 Å². The third-order valence-corrected chi connectivity index (χ3v) is 4.40. The predicted octanol–water partition coefficient (Wildman–Crippen LogP) is 3.49. The molecule has 3 rings (SSSR count). The molecule has 0 unspecified atom stereocenters. The summed E-state index contributed by atoms with van der Waals surface area (Å²) in [5.74, 6) is 1.91. The molecule has 0 radical (unpaired) electrons. The first-order valence-electron chi connectivity index (χ1n) is 8.03. The minimum Gasteiger partial charge on any atom is -0.464 e. The first-order chi connectivity index (χ1) is 10.7. The molecule has 22 heavy (non-hydrogen) atoms. The summed E-state index contributed by atoms with van der Waals surface area (Å²) in [5, 5.41) is 4.20. The Labute approximate surface area is 130 Å². The van der Waals surface area contributed by atoms with E-state index in [1.807, 2.05) is 43.1 Å². The van der Waals surface area contributed by atoms with Crippen LogP contribution < -0.4 is 0 Å². The molecule has 1 saturated heterocycles. The lowest BCUT2D eigenvalue weighted by atomic mass is 10.1. The summed E-state index contributed by atoms with van der Waals surface area (Å²) in [4.78, 5) is 14.9. The van der Waals surface area contributed by atoms with E-state index in [0.29, 0.717) is 0 Å². The van der Waals surface area contributed by atoms with E-state index in [2.05, 4.69) is 5.10 Å². The highest BCUT2D eigenvalue weighted by Gasteiger charge is 2.32. The van der Waals surface area contributed by atoms with Crippen LogP contribution in [-0.2, 0) is 4.79 Å².